The lowest BCUT2D eigenvalue weighted by atomic mass is 9.97. The van der Waals surface area contributed by atoms with Gasteiger partial charge in [0.25, 0.3) is 5.91 Å². The first-order valence-corrected chi connectivity index (χ1v) is 10.9. The minimum Gasteiger partial charge on any atom is -0.366 e. The van der Waals surface area contributed by atoms with Crippen LogP contribution < -0.4 is 14.9 Å². The molecule has 0 unspecified atom stereocenters. The molecule has 1 fully saturated rings. The number of nitrogens with zero attached hydrogens (tertiary/aromatic N) is 3. The molecule has 9 nitrogen and oxygen atoms in total. The van der Waals surface area contributed by atoms with Crippen LogP contribution in [0.4, 0.5) is 18.9 Å². The van der Waals surface area contributed by atoms with Crippen molar-refractivity contribution in [1.82, 2.24) is 20.2 Å². The summed E-state index contributed by atoms with van der Waals surface area (Å²) in [5.41, 5.74) is -2.58. The monoisotopic (exact) mass is 457 g/mol. The molecule has 13 heteroatoms. The Balaban J connectivity index is 2.18. The van der Waals surface area contributed by atoms with Gasteiger partial charge in [-0.05, 0) is 6.07 Å². The maximum atomic E-state index is 13.4. The Morgan fingerprint density at radius 3 is 2.39 bits per heavy atom. The summed E-state index contributed by atoms with van der Waals surface area (Å²) >= 11 is 0. The van der Waals surface area contributed by atoms with Crippen molar-refractivity contribution in [2.45, 2.75) is 6.18 Å². The number of piperazine rings is 1. The van der Waals surface area contributed by atoms with Gasteiger partial charge in [0.2, 0.25) is 10.0 Å². The average Bonchev–Trinajstić information content (AvgIpc) is 2.71. The first kappa shape index (κ1) is 22.6. The molecule has 2 N–H and O–H groups in total. The third kappa shape index (κ3) is 5.17. The summed E-state index contributed by atoms with van der Waals surface area (Å²) in [5.74, 6) is -2.15. The fourth-order valence-electron chi connectivity index (χ4n) is 3.20. The quantitative estimate of drug-likeness (QED) is 0.634. The number of carbonyl (C=O) groups excluding carboxylic acids is 2. The summed E-state index contributed by atoms with van der Waals surface area (Å²) in [6, 6.07) is 4.26. The summed E-state index contributed by atoms with van der Waals surface area (Å²) < 4.78 is 65.1. The molecule has 31 heavy (non-hydrogen) atoms. The summed E-state index contributed by atoms with van der Waals surface area (Å²) in [6.45, 7) is 1.57. The van der Waals surface area contributed by atoms with Crippen molar-refractivity contribution in [3.8, 4) is 0 Å². The predicted octanol–water partition coefficient (Wildman–Crippen LogP) is 0.825. The van der Waals surface area contributed by atoms with E-state index in [0.717, 1.165) is 30.7 Å². The highest BCUT2D eigenvalue weighted by Crippen LogP contribution is 2.34. The van der Waals surface area contributed by atoms with Crippen LogP contribution in [0.15, 0.2) is 30.5 Å². The van der Waals surface area contributed by atoms with E-state index in [2.05, 4.69) is 15.5 Å². The Kier molecular flexibility index (Phi) is 6.27. The fourth-order valence-corrected chi connectivity index (χ4v) is 3.63. The van der Waals surface area contributed by atoms with Gasteiger partial charge in [0, 0.05) is 31.7 Å². The smallest absolute Gasteiger partial charge is 0.366 e. The van der Waals surface area contributed by atoms with Gasteiger partial charge < -0.3 is 10.2 Å². The van der Waals surface area contributed by atoms with Gasteiger partial charge in [-0.25, -0.2) is 13.1 Å². The molecule has 0 spiro atoms. The topological polar surface area (TPSA) is 121 Å². The molecule has 1 aromatic carbocycles. The Hall–Kier alpha value is -3.06. The van der Waals surface area contributed by atoms with Crippen molar-refractivity contribution >= 4 is 27.4 Å². The fraction of sp³-hybridized carbons (Fsp3) is 0.333. The van der Waals surface area contributed by atoms with E-state index < -0.39 is 44.7 Å². The van der Waals surface area contributed by atoms with E-state index in [4.69, 9.17) is 0 Å². The minimum atomic E-state index is -4.78. The van der Waals surface area contributed by atoms with Crippen LogP contribution in [0.1, 0.15) is 32.0 Å². The first-order chi connectivity index (χ1) is 14.5. The second kappa shape index (κ2) is 8.59. The number of sulfonamides is 1. The van der Waals surface area contributed by atoms with Crippen LogP contribution in [-0.2, 0) is 16.2 Å². The van der Waals surface area contributed by atoms with E-state index in [1.54, 1.807) is 9.62 Å². The van der Waals surface area contributed by atoms with Crippen molar-refractivity contribution in [3.63, 3.8) is 0 Å². The molecule has 0 aliphatic carbocycles. The molecule has 2 aromatic rings. The van der Waals surface area contributed by atoms with Crippen LogP contribution >= 0.6 is 0 Å². The number of hydrogen-bond acceptors (Lipinski definition) is 8. The van der Waals surface area contributed by atoms with E-state index in [1.165, 1.54) is 6.07 Å². The molecule has 1 aliphatic rings. The molecule has 2 heterocycles. The van der Waals surface area contributed by atoms with Gasteiger partial charge in [-0.3, -0.25) is 9.59 Å². The van der Waals surface area contributed by atoms with Crippen molar-refractivity contribution in [3.05, 3.63) is 52.8 Å². The van der Waals surface area contributed by atoms with Gasteiger partial charge in [0.1, 0.15) is 0 Å². The molecule has 0 saturated carbocycles. The summed E-state index contributed by atoms with van der Waals surface area (Å²) in [6.07, 6.45) is -3.04. The summed E-state index contributed by atoms with van der Waals surface area (Å²) in [5, 5.41) is 10.3. The van der Waals surface area contributed by atoms with Gasteiger partial charge in [-0.2, -0.15) is 18.3 Å². The normalized spacial score (nSPS) is 14.9. The minimum absolute atomic E-state index is 0.0698. The number of benzene rings is 1. The third-order valence-corrected chi connectivity index (χ3v) is 5.03. The van der Waals surface area contributed by atoms with Crippen molar-refractivity contribution in [2.75, 3.05) is 37.3 Å². The molecule has 0 bridgehead atoms. The van der Waals surface area contributed by atoms with Crippen LogP contribution in [0.5, 0.6) is 0 Å². The number of nitrogens with one attached hydrogen (secondary N) is 2. The van der Waals surface area contributed by atoms with E-state index >= 15 is 0 Å². The van der Waals surface area contributed by atoms with Gasteiger partial charge in [-0.1, -0.05) is 18.2 Å². The Bertz CT molecular complexity index is 1120. The standard InChI is InChI=1S/C18H18F3N5O4S/c1-31(29,30)25-17(28)14-15(26-8-6-22-7-9-26)12(10-23-24-14)16(27)11-4-2-3-5-13(11)18(19,20)21/h2-5,10,22H,6-9H2,1H3,(H,25,28). The number of amides is 1. The van der Waals surface area contributed by atoms with E-state index in [0.29, 0.717) is 26.2 Å². The number of aromatic nitrogens is 2. The van der Waals surface area contributed by atoms with E-state index in [9.17, 15) is 31.2 Å². The zero-order valence-corrected chi connectivity index (χ0v) is 17.0. The highest BCUT2D eigenvalue weighted by atomic mass is 32.2. The van der Waals surface area contributed by atoms with Crippen LogP contribution in [0.25, 0.3) is 0 Å². The van der Waals surface area contributed by atoms with E-state index in [-0.39, 0.29) is 11.3 Å². The maximum Gasteiger partial charge on any atom is 0.417 e. The SMILES string of the molecule is CS(=O)(=O)NC(=O)c1nncc(C(=O)c2ccccc2C(F)(F)F)c1N1CCNCC1. The second-order valence-electron chi connectivity index (χ2n) is 6.77. The highest BCUT2D eigenvalue weighted by molar-refractivity contribution is 7.89. The van der Waals surface area contributed by atoms with Crippen molar-refractivity contribution < 1.29 is 31.2 Å². The molecule has 3 rings (SSSR count). The van der Waals surface area contributed by atoms with Crippen LogP contribution in [0, 0.1) is 0 Å². The number of rotatable bonds is 5. The molecule has 166 valence electrons. The number of halogens is 3. The predicted molar refractivity (Wildman–Crippen MR) is 104 cm³/mol. The lowest BCUT2D eigenvalue weighted by molar-refractivity contribution is -0.137. The first-order valence-electron chi connectivity index (χ1n) is 9.03. The van der Waals surface area contributed by atoms with Gasteiger partial charge in [-0.15, -0.1) is 5.10 Å². The van der Waals surface area contributed by atoms with Crippen LogP contribution in [-0.4, -0.2) is 62.7 Å². The third-order valence-electron chi connectivity index (χ3n) is 4.47. The van der Waals surface area contributed by atoms with Gasteiger partial charge in [0.15, 0.2) is 11.5 Å². The Morgan fingerprint density at radius 2 is 1.77 bits per heavy atom. The van der Waals surface area contributed by atoms with Crippen LogP contribution in [0.3, 0.4) is 0 Å². The second-order valence-corrected chi connectivity index (χ2v) is 8.52. The van der Waals surface area contributed by atoms with Gasteiger partial charge in [0.05, 0.1) is 29.3 Å². The largest absolute Gasteiger partial charge is 0.417 e. The molecule has 1 aliphatic heterocycles. The molecule has 1 amide bonds. The van der Waals surface area contributed by atoms with E-state index in [1.807, 2.05) is 0 Å². The lowest BCUT2D eigenvalue weighted by Gasteiger charge is -2.31. The molecular weight excluding hydrogens is 439 g/mol. The number of carbonyl (C=O) groups is 2. The number of hydrogen-bond donors (Lipinski definition) is 2. The number of alkyl halides is 3. The molecular formula is C18H18F3N5O4S. The Labute approximate surface area is 175 Å². The summed E-state index contributed by atoms with van der Waals surface area (Å²) in [7, 11) is -3.96. The summed E-state index contributed by atoms with van der Waals surface area (Å²) in [4.78, 5) is 27.3. The Morgan fingerprint density at radius 1 is 1.13 bits per heavy atom. The van der Waals surface area contributed by atoms with Crippen LogP contribution in [0.2, 0.25) is 0 Å². The maximum absolute atomic E-state index is 13.4. The highest BCUT2D eigenvalue weighted by Gasteiger charge is 2.36. The number of anilines is 1. The molecule has 1 aromatic heterocycles. The van der Waals surface area contributed by atoms with Crippen molar-refractivity contribution in [2.24, 2.45) is 0 Å². The zero-order chi connectivity index (χ0) is 22.8. The van der Waals surface area contributed by atoms with Crippen molar-refractivity contribution in [1.29, 1.82) is 0 Å². The molecule has 0 radical (unpaired) electrons. The number of ketones is 1. The lowest BCUT2D eigenvalue weighted by Crippen LogP contribution is -2.45. The average molecular weight is 457 g/mol. The van der Waals surface area contributed by atoms with Gasteiger partial charge >= 0.3 is 6.18 Å². The molecule has 0 atom stereocenters. The zero-order valence-electron chi connectivity index (χ0n) is 16.2. The molecule has 1 saturated heterocycles.